The quantitative estimate of drug-likeness (QED) is 0.0262. The fraction of sp³-hybridized carbons (Fsp3) is 0.850. The summed E-state index contributed by atoms with van der Waals surface area (Å²) in [7, 11) is 0. The minimum atomic E-state index is -0.771. The van der Waals surface area contributed by atoms with Crippen molar-refractivity contribution in [3.05, 3.63) is 36.5 Å². The summed E-state index contributed by atoms with van der Waals surface area (Å²) < 4.78 is 16.9. The first-order chi connectivity index (χ1) is 32.5. The van der Waals surface area contributed by atoms with E-state index in [2.05, 4.69) is 57.2 Å². The topological polar surface area (TPSA) is 78.9 Å². The molecule has 0 rings (SSSR count). The maximum atomic E-state index is 12.8. The third kappa shape index (κ3) is 52.6. The van der Waals surface area contributed by atoms with Crippen LogP contribution in [0.2, 0.25) is 0 Å². The average molecular weight is 928 g/mol. The molecule has 6 heteroatoms. The molecule has 0 amide bonds. The van der Waals surface area contributed by atoms with E-state index in [0.717, 1.165) is 64.2 Å². The van der Waals surface area contributed by atoms with Crippen LogP contribution < -0.4 is 0 Å². The molecule has 0 aromatic rings. The minimum Gasteiger partial charge on any atom is -0.462 e. The van der Waals surface area contributed by atoms with E-state index in [4.69, 9.17) is 14.2 Å². The van der Waals surface area contributed by atoms with Gasteiger partial charge in [-0.05, 0) is 77.0 Å². The van der Waals surface area contributed by atoms with Crippen molar-refractivity contribution in [3.63, 3.8) is 0 Å². The number of unbranched alkanes of at least 4 members (excludes halogenated alkanes) is 36. The van der Waals surface area contributed by atoms with Crippen LogP contribution in [0.25, 0.3) is 0 Å². The van der Waals surface area contributed by atoms with E-state index in [1.54, 1.807) is 0 Å². The molecule has 0 heterocycles. The zero-order valence-corrected chi connectivity index (χ0v) is 44.2. The van der Waals surface area contributed by atoms with Crippen molar-refractivity contribution in [3.8, 4) is 0 Å². The molecule has 0 saturated heterocycles. The summed E-state index contributed by atoms with van der Waals surface area (Å²) in [5.74, 6) is -0.863. The summed E-state index contributed by atoms with van der Waals surface area (Å²) in [6, 6.07) is 0. The number of carbonyl (C=O) groups is 3. The number of hydrogen-bond donors (Lipinski definition) is 0. The lowest BCUT2D eigenvalue weighted by molar-refractivity contribution is -0.167. The van der Waals surface area contributed by atoms with Gasteiger partial charge in [0, 0.05) is 19.3 Å². The maximum Gasteiger partial charge on any atom is 0.306 e. The van der Waals surface area contributed by atoms with E-state index in [9.17, 15) is 14.4 Å². The Labute approximate surface area is 410 Å². The molecule has 1 atom stereocenters. The van der Waals surface area contributed by atoms with E-state index in [1.165, 1.54) is 205 Å². The van der Waals surface area contributed by atoms with Crippen LogP contribution in [0.1, 0.15) is 310 Å². The van der Waals surface area contributed by atoms with Gasteiger partial charge in [0.2, 0.25) is 0 Å². The predicted octanol–water partition coefficient (Wildman–Crippen LogP) is 19.3. The molecule has 386 valence electrons. The van der Waals surface area contributed by atoms with E-state index >= 15 is 0 Å². The second-order valence-corrected chi connectivity index (χ2v) is 19.6. The first kappa shape index (κ1) is 63.6. The van der Waals surface area contributed by atoms with Crippen LogP contribution in [0.15, 0.2) is 36.5 Å². The molecule has 0 radical (unpaired) electrons. The molecule has 0 aliphatic rings. The summed E-state index contributed by atoms with van der Waals surface area (Å²) in [5, 5.41) is 0. The molecule has 0 aliphatic heterocycles. The fourth-order valence-corrected chi connectivity index (χ4v) is 8.47. The van der Waals surface area contributed by atoms with E-state index in [0.29, 0.717) is 19.3 Å². The third-order valence-electron chi connectivity index (χ3n) is 12.9. The van der Waals surface area contributed by atoms with Gasteiger partial charge >= 0.3 is 17.9 Å². The van der Waals surface area contributed by atoms with Gasteiger partial charge in [-0.25, -0.2) is 0 Å². The van der Waals surface area contributed by atoms with Gasteiger partial charge in [0.05, 0.1) is 0 Å². The zero-order chi connectivity index (χ0) is 47.9. The molecule has 0 N–H and O–H groups in total. The zero-order valence-electron chi connectivity index (χ0n) is 44.2. The van der Waals surface area contributed by atoms with E-state index in [-0.39, 0.29) is 31.1 Å². The van der Waals surface area contributed by atoms with Crippen molar-refractivity contribution in [2.45, 2.75) is 316 Å². The third-order valence-corrected chi connectivity index (χ3v) is 12.9. The molecule has 0 aromatic heterocycles. The van der Waals surface area contributed by atoms with Crippen molar-refractivity contribution in [2.24, 2.45) is 0 Å². The standard InChI is InChI=1S/C60H110O6/c1-4-7-10-13-16-19-22-24-26-28-30-32-34-36-38-41-44-47-50-53-59(62)65-56-57(55-64-58(61)52-49-46-43-40-21-18-15-12-9-6-3)66-60(63)54-51-48-45-42-39-37-35-33-31-29-27-25-23-20-17-14-11-8-5-2/h16,19,24-27,57H,4-15,17-18,20-23,28-56H2,1-3H3/b19-16-,26-24-,27-25-. The minimum absolute atomic E-state index is 0.0708. The summed E-state index contributed by atoms with van der Waals surface area (Å²) >= 11 is 0. The summed E-state index contributed by atoms with van der Waals surface area (Å²) in [6.45, 7) is 6.63. The van der Waals surface area contributed by atoms with Gasteiger partial charge in [-0.15, -0.1) is 0 Å². The van der Waals surface area contributed by atoms with Crippen molar-refractivity contribution in [1.29, 1.82) is 0 Å². The molecule has 0 aliphatic carbocycles. The van der Waals surface area contributed by atoms with Gasteiger partial charge in [0.25, 0.3) is 0 Å². The Morgan fingerprint density at radius 2 is 0.545 bits per heavy atom. The van der Waals surface area contributed by atoms with Crippen molar-refractivity contribution in [2.75, 3.05) is 13.2 Å². The molecule has 1 unspecified atom stereocenters. The molecule has 0 bridgehead atoms. The summed E-state index contributed by atoms with van der Waals surface area (Å²) in [6.07, 6.45) is 65.6. The Balaban J connectivity index is 4.28. The Hall–Kier alpha value is -2.37. The normalized spacial score (nSPS) is 12.2. The van der Waals surface area contributed by atoms with Crippen molar-refractivity contribution in [1.82, 2.24) is 0 Å². The van der Waals surface area contributed by atoms with Crippen LogP contribution in [0, 0.1) is 0 Å². The van der Waals surface area contributed by atoms with Gasteiger partial charge in [-0.1, -0.05) is 250 Å². The van der Waals surface area contributed by atoms with Crippen LogP contribution in [0.4, 0.5) is 0 Å². The van der Waals surface area contributed by atoms with Gasteiger partial charge in [0.1, 0.15) is 13.2 Å². The van der Waals surface area contributed by atoms with E-state index < -0.39 is 6.10 Å². The van der Waals surface area contributed by atoms with E-state index in [1.807, 2.05) is 0 Å². The Bertz CT molecular complexity index is 1110. The SMILES string of the molecule is CCCCC/C=C\C/C=C\CCCCCCCCCCCC(=O)OCC(COC(=O)CCCCCCCCCCCC)OC(=O)CCCCCCCCCCC/C=C\CCCCCCCC. The molecule has 0 fully saturated rings. The van der Waals surface area contributed by atoms with Gasteiger partial charge < -0.3 is 14.2 Å². The molecule has 0 spiro atoms. The van der Waals surface area contributed by atoms with Crippen LogP contribution in [-0.2, 0) is 28.6 Å². The number of allylic oxidation sites excluding steroid dienone is 6. The highest BCUT2D eigenvalue weighted by Gasteiger charge is 2.19. The smallest absolute Gasteiger partial charge is 0.306 e. The number of esters is 3. The Morgan fingerprint density at radius 3 is 0.879 bits per heavy atom. The molecular weight excluding hydrogens is 817 g/mol. The second kappa shape index (κ2) is 55.2. The second-order valence-electron chi connectivity index (χ2n) is 19.6. The number of rotatable bonds is 53. The van der Waals surface area contributed by atoms with Crippen LogP contribution in [0.3, 0.4) is 0 Å². The largest absolute Gasteiger partial charge is 0.462 e. The lowest BCUT2D eigenvalue weighted by Gasteiger charge is -2.18. The monoisotopic (exact) mass is 927 g/mol. The average Bonchev–Trinajstić information content (AvgIpc) is 3.31. The summed E-state index contributed by atoms with van der Waals surface area (Å²) in [4.78, 5) is 38.1. The predicted molar refractivity (Wildman–Crippen MR) is 284 cm³/mol. The highest BCUT2D eigenvalue weighted by molar-refractivity contribution is 5.71. The van der Waals surface area contributed by atoms with Crippen LogP contribution in [0.5, 0.6) is 0 Å². The van der Waals surface area contributed by atoms with Crippen molar-refractivity contribution >= 4 is 17.9 Å². The highest BCUT2D eigenvalue weighted by atomic mass is 16.6. The van der Waals surface area contributed by atoms with Gasteiger partial charge in [-0.2, -0.15) is 0 Å². The van der Waals surface area contributed by atoms with Crippen LogP contribution >= 0.6 is 0 Å². The lowest BCUT2D eigenvalue weighted by Crippen LogP contribution is -2.30. The van der Waals surface area contributed by atoms with Gasteiger partial charge in [0.15, 0.2) is 6.10 Å². The molecule has 0 aromatic carbocycles. The lowest BCUT2D eigenvalue weighted by atomic mass is 10.1. The summed E-state index contributed by atoms with van der Waals surface area (Å²) in [5.41, 5.74) is 0. The first-order valence-corrected chi connectivity index (χ1v) is 29.0. The molecular formula is C60H110O6. The molecule has 0 saturated carbocycles. The molecule has 6 nitrogen and oxygen atoms in total. The Kier molecular flexibility index (Phi) is 53.2. The highest BCUT2D eigenvalue weighted by Crippen LogP contribution is 2.16. The van der Waals surface area contributed by atoms with Gasteiger partial charge in [-0.3, -0.25) is 14.4 Å². The van der Waals surface area contributed by atoms with Crippen LogP contribution in [-0.4, -0.2) is 37.2 Å². The number of ether oxygens (including phenoxy) is 3. The fourth-order valence-electron chi connectivity index (χ4n) is 8.47. The first-order valence-electron chi connectivity index (χ1n) is 29.0. The molecule has 66 heavy (non-hydrogen) atoms. The number of carbonyl (C=O) groups excluding carboxylic acids is 3. The number of hydrogen-bond acceptors (Lipinski definition) is 6. The Morgan fingerprint density at radius 1 is 0.303 bits per heavy atom. The maximum absolute atomic E-state index is 12.8. The van der Waals surface area contributed by atoms with Crippen molar-refractivity contribution < 1.29 is 28.6 Å².